The van der Waals surface area contributed by atoms with Crippen LogP contribution in [0.2, 0.25) is 0 Å². The van der Waals surface area contributed by atoms with Crippen molar-refractivity contribution in [2.24, 2.45) is 0 Å². The van der Waals surface area contributed by atoms with Gasteiger partial charge in [-0.1, -0.05) is 0 Å². The topological polar surface area (TPSA) is 99.7 Å². The molecule has 0 radical (unpaired) electrons. The Labute approximate surface area is 162 Å². The highest BCUT2D eigenvalue weighted by Gasteiger charge is 2.09. The summed E-state index contributed by atoms with van der Waals surface area (Å²) in [5.74, 6) is 3.19. The monoisotopic (exact) mass is 383 g/mol. The lowest BCUT2D eigenvalue weighted by Crippen LogP contribution is -2.02. The highest BCUT2D eigenvalue weighted by atomic mass is 16.5. The quantitative estimate of drug-likeness (QED) is 0.606. The zero-order valence-corrected chi connectivity index (χ0v) is 16.0. The average molecular weight is 383 g/mol. The highest BCUT2D eigenvalue weighted by Crippen LogP contribution is 2.31. The van der Waals surface area contributed by atoms with Crippen LogP contribution in [0, 0.1) is 0 Å². The number of ether oxygens (including phenoxy) is 4. The molecule has 2 heterocycles. The predicted octanol–water partition coefficient (Wildman–Crippen LogP) is 3.39. The van der Waals surface area contributed by atoms with Crippen LogP contribution in [-0.4, -0.2) is 43.4 Å². The van der Waals surface area contributed by atoms with Crippen LogP contribution in [0.25, 0.3) is 0 Å². The van der Waals surface area contributed by atoms with Gasteiger partial charge in [0, 0.05) is 24.0 Å². The molecule has 3 rings (SSSR count). The lowest BCUT2D eigenvalue weighted by Gasteiger charge is -2.12. The van der Waals surface area contributed by atoms with Gasteiger partial charge >= 0.3 is 0 Å². The van der Waals surface area contributed by atoms with Crippen LogP contribution in [0.15, 0.2) is 42.7 Å². The van der Waals surface area contributed by atoms with Crippen molar-refractivity contribution in [3.8, 4) is 23.1 Å². The minimum atomic E-state index is 0.409. The fourth-order valence-corrected chi connectivity index (χ4v) is 2.48. The van der Waals surface area contributed by atoms with Crippen molar-refractivity contribution < 1.29 is 18.9 Å². The van der Waals surface area contributed by atoms with Crippen LogP contribution >= 0.6 is 0 Å². The molecule has 146 valence electrons. The smallest absolute Gasteiger partial charge is 0.256 e. The van der Waals surface area contributed by atoms with Gasteiger partial charge in [-0.05, 0) is 18.2 Å². The van der Waals surface area contributed by atoms with Crippen molar-refractivity contribution in [3.05, 3.63) is 42.7 Å². The fourth-order valence-electron chi connectivity index (χ4n) is 2.48. The molecule has 0 aliphatic carbocycles. The van der Waals surface area contributed by atoms with E-state index >= 15 is 0 Å². The van der Waals surface area contributed by atoms with E-state index in [2.05, 4.69) is 25.6 Å². The maximum absolute atomic E-state index is 5.31. The first kappa shape index (κ1) is 19.0. The third-order valence-corrected chi connectivity index (χ3v) is 3.80. The van der Waals surface area contributed by atoms with E-state index < -0.39 is 0 Å². The molecule has 0 amide bonds. The first-order valence-corrected chi connectivity index (χ1v) is 8.34. The maximum Gasteiger partial charge on any atom is 0.256 e. The van der Waals surface area contributed by atoms with Gasteiger partial charge in [-0.15, -0.1) is 0 Å². The number of pyridine rings is 1. The van der Waals surface area contributed by atoms with Gasteiger partial charge in [0.1, 0.15) is 5.82 Å². The number of aromatic nitrogens is 3. The van der Waals surface area contributed by atoms with Crippen LogP contribution < -0.4 is 29.6 Å². The zero-order valence-electron chi connectivity index (χ0n) is 16.0. The van der Waals surface area contributed by atoms with Gasteiger partial charge in [0.25, 0.3) is 5.88 Å². The molecule has 0 unspecified atom stereocenters. The Bertz CT molecular complexity index is 879. The van der Waals surface area contributed by atoms with E-state index in [0.717, 1.165) is 5.69 Å². The second-order valence-corrected chi connectivity index (χ2v) is 5.52. The van der Waals surface area contributed by atoms with Gasteiger partial charge in [0.2, 0.25) is 5.95 Å². The van der Waals surface area contributed by atoms with E-state index in [1.165, 1.54) is 7.11 Å². The largest absolute Gasteiger partial charge is 0.493 e. The van der Waals surface area contributed by atoms with E-state index in [4.69, 9.17) is 18.9 Å². The molecule has 9 nitrogen and oxygen atoms in total. The summed E-state index contributed by atoms with van der Waals surface area (Å²) in [5.41, 5.74) is 1.47. The fraction of sp³-hybridized carbons (Fsp3) is 0.211. The number of nitrogens with zero attached hydrogens (tertiary/aromatic N) is 3. The van der Waals surface area contributed by atoms with Crippen molar-refractivity contribution >= 4 is 23.1 Å². The maximum atomic E-state index is 5.31. The minimum Gasteiger partial charge on any atom is -0.493 e. The first-order chi connectivity index (χ1) is 13.7. The van der Waals surface area contributed by atoms with E-state index in [9.17, 15) is 0 Å². The summed E-state index contributed by atoms with van der Waals surface area (Å²) < 4.78 is 21.0. The third-order valence-electron chi connectivity index (χ3n) is 3.80. The van der Waals surface area contributed by atoms with Crippen molar-refractivity contribution in [2.75, 3.05) is 39.1 Å². The van der Waals surface area contributed by atoms with Crippen molar-refractivity contribution in [2.45, 2.75) is 0 Å². The van der Waals surface area contributed by atoms with Crippen molar-refractivity contribution in [1.29, 1.82) is 0 Å². The molecule has 0 atom stereocenters. The van der Waals surface area contributed by atoms with Gasteiger partial charge in [0.05, 0.1) is 40.3 Å². The van der Waals surface area contributed by atoms with Gasteiger partial charge in [-0.2, -0.15) is 4.98 Å². The van der Waals surface area contributed by atoms with Crippen molar-refractivity contribution in [1.82, 2.24) is 15.0 Å². The Hall–Kier alpha value is -3.75. The molecule has 0 saturated heterocycles. The number of hydrogen-bond acceptors (Lipinski definition) is 9. The molecule has 9 heteroatoms. The molecular weight excluding hydrogens is 362 g/mol. The van der Waals surface area contributed by atoms with E-state index in [1.807, 2.05) is 6.07 Å². The molecule has 0 aliphatic heterocycles. The van der Waals surface area contributed by atoms with Crippen LogP contribution in [0.4, 0.5) is 23.1 Å². The number of anilines is 4. The molecule has 0 aliphatic rings. The summed E-state index contributed by atoms with van der Waals surface area (Å²) in [4.78, 5) is 12.9. The van der Waals surface area contributed by atoms with Gasteiger partial charge in [-0.3, -0.25) is 0 Å². The minimum absolute atomic E-state index is 0.409. The Balaban J connectivity index is 1.77. The average Bonchev–Trinajstić information content (AvgIpc) is 2.73. The van der Waals surface area contributed by atoms with Crippen LogP contribution in [-0.2, 0) is 0 Å². The Kier molecular flexibility index (Phi) is 5.95. The van der Waals surface area contributed by atoms with E-state index in [1.54, 1.807) is 58.0 Å². The third kappa shape index (κ3) is 4.32. The second-order valence-electron chi connectivity index (χ2n) is 5.52. The van der Waals surface area contributed by atoms with Crippen LogP contribution in [0.5, 0.6) is 23.1 Å². The summed E-state index contributed by atoms with van der Waals surface area (Å²) in [6.45, 7) is 0. The molecule has 0 spiro atoms. The summed E-state index contributed by atoms with van der Waals surface area (Å²) in [6.07, 6.45) is 3.28. The SMILES string of the molecule is COc1ccc(Nc2nccc(Nc3cnc(OC)c(OC)c3)n2)cc1OC. The molecule has 3 aromatic rings. The van der Waals surface area contributed by atoms with Crippen LogP contribution in [0.1, 0.15) is 0 Å². The molecule has 0 fully saturated rings. The Morgan fingerprint density at radius 1 is 0.714 bits per heavy atom. The highest BCUT2D eigenvalue weighted by molar-refractivity contribution is 5.63. The molecule has 0 bridgehead atoms. The number of methoxy groups -OCH3 is 4. The number of nitrogens with one attached hydrogen (secondary N) is 2. The van der Waals surface area contributed by atoms with Gasteiger partial charge < -0.3 is 29.6 Å². The van der Waals surface area contributed by atoms with Gasteiger partial charge in [0.15, 0.2) is 17.2 Å². The number of benzene rings is 1. The Morgan fingerprint density at radius 2 is 1.46 bits per heavy atom. The molecule has 2 N–H and O–H groups in total. The molecule has 28 heavy (non-hydrogen) atoms. The Morgan fingerprint density at radius 3 is 2.18 bits per heavy atom. The second kappa shape index (κ2) is 8.76. The van der Waals surface area contributed by atoms with E-state index in [0.29, 0.717) is 40.6 Å². The number of hydrogen-bond donors (Lipinski definition) is 2. The lowest BCUT2D eigenvalue weighted by molar-refractivity contribution is 0.343. The summed E-state index contributed by atoms with van der Waals surface area (Å²) >= 11 is 0. The predicted molar refractivity (Wildman–Crippen MR) is 105 cm³/mol. The molecular formula is C19H21N5O4. The summed E-state index contributed by atoms with van der Waals surface area (Å²) in [7, 11) is 6.26. The van der Waals surface area contributed by atoms with Crippen molar-refractivity contribution in [3.63, 3.8) is 0 Å². The van der Waals surface area contributed by atoms with E-state index in [-0.39, 0.29) is 0 Å². The summed E-state index contributed by atoms with van der Waals surface area (Å²) in [5, 5.41) is 6.30. The molecule has 2 aromatic heterocycles. The first-order valence-electron chi connectivity index (χ1n) is 8.34. The standard InChI is InChI=1S/C19H21N5O4/c1-25-14-6-5-12(9-15(14)26-2)23-19-20-8-7-17(24-19)22-13-10-16(27-3)18(28-4)21-11-13/h5-11H,1-4H3,(H2,20,22,23,24). The molecule has 1 aromatic carbocycles. The zero-order chi connectivity index (χ0) is 19.9. The van der Waals surface area contributed by atoms with Crippen LogP contribution in [0.3, 0.4) is 0 Å². The number of rotatable bonds is 8. The normalized spacial score (nSPS) is 10.1. The van der Waals surface area contributed by atoms with Gasteiger partial charge in [-0.25, -0.2) is 9.97 Å². The lowest BCUT2D eigenvalue weighted by atomic mass is 10.3. The summed E-state index contributed by atoms with van der Waals surface area (Å²) in [6, 6.07) is 8.98. The molecule has 0 saturated carbocycles.